The Hall–Kier alpha value is -2.51. The number of hydrogen-bond donors (Lipinski definition) is 2. The molecule has 1 saturated carbocycles. The maximum absolute atomic E-state index is 12.9. The highest BCUT2D eigenvalue weighted by atomic mass is 32.2. The summed E-state index contributed by atoms with van der Waals surface area (Å²) in [7, 11) is -3.90. The lowest BCUT2D eigenvalue weighted by molar-refractivity contribution is -0.142. The van der Waals surface area contributed by atoms with Crippen molar-refractivity contribution in [1.29, 1.82) is 0 Å². The minimum atomic E-state index is -3.90. The standard InChI is InChI=1S/C20H21NO5S/c22-19(14-6-2-1-3-7-14)17-8-4-5-9-18(17)27(25,26)21-16-12-10-15(11-13-16)20(23)24/h1-9,15-16,21H,10-13H2,(H,23,24). The van der Waals surface area contributed by atoms with Crippen molar-refractivity contribution in [3.8, 4) is 0 Å². The molecule has 142 valence electrons. The number of benzene rings is 2. The van der Waals surface area contributed by atoms with E-state index in [4.69, 9.17) is 5.11 Å². The lowest BCUT2D eigenvalue weighted by Crippen LogP contribution is -2.39. The monoisotopic (exact) mass is 387 g/mol. The van der Waals surface area contributed by atoms with Gasteiger partial charge in [0.25, 0.3) is 0 Å². The number of nitrogens with one attached hydrogen (secondary N) is 1. The Kier molecular flexibility index (Phi) is 5.72. The van der Waals surface area contributed by atoms with Crippen molar-refractivity contribution in [2.45, 2.75) is 36.6 Å². The second-order valence-corrected chi connectivity index (χ2v) is 8.38. The second kappa shape index (κ2) is 8.02. The van der Waals surface area contributed by atoms with E-state index in [0.717, 1.165) is 0 Å². The topological polar surface area (TPSA) is 101 Å². The van der Waals surface area contributed by atoms with E-state index in [1.165, 1.54) is 12.1 Å². The van der Waals surface area contributed by atoms with Gasteiger partial charge >= 0.3 is 5.97 Å². The van der Waals surface area contributed by atoms with Crippen LogP contribution in [0.3, 0.4) is 0 Å². The smallest absolute Gasteiger partial charge is 0.306 e. The molecular formula is C20H21NO5S. The van der Waals surface area contributed by atoms with Gasteiger partial charge in [-0.15, -0.1) is 0 Å². The zero-order valence-electron chi connectivity index (χ0n) is 14.7. The fourth-order valence-electron chi connectivity index (χ4n) is 3.37. The lowest BCUT2D eigenvalue weighted by Gasteiger charge is -2.26. The van der Waals surface area contributed by atoms with Crippen molar-refractivity contribution in [2.24, 2.45) is 5.92 Å². The predicted molar refractivity (Wildman–Crippen MR) is 100 cm³/mol. The molecule has 0 spiro atoms. The maximum Gasteiger partial charge on any atom is 0.306 e. The fraction of sp³-hybridized carbons (Fsp3) is 0.300. The summed E-state index contributed by atoms with van der Waals surface area (Å²) in [5, 5.41) is 9.06. The van der Waals surface area contributed by atoms with Gasteiger partial charge in [-0.3, -0.25) is 9.59 Å². The molecule has 7 heteroatoms. The van der Waals surface area contributed by atoms with Gasteiger partial charge in [0, 0.05) is 17.2 Å². The molecule has 0 aromatic heterocycles. The van der Waals surface area contributed by atoms with E-state index < -0.39 is 21.9 Å². The van der Waals surface area contributed by atoms with Crippen molar-refractivity contribution in [3.63, 3.8) is 0 Å². The van der Waals surface area contributed by atoms with Gasteiger partial charge in [0.15, 0.2) is 5.78 Å². The van der Waals surface area contributed by atoms with Crippen molar-refractivity contribution in [2.75, 3.05) is 0 Å². The quantitative estimate of drug-likeness (QED) is 0.743. The van der Waals surface area contributed by atoms with Crippen LogP contribution in [0.4, 0.5) is 0 Å². The number of ketones is 1. The third-order valence-corrected chi connectivity index (χ3v) is 6.43. The first kappa shape index (κ1) is 19.3. The first-order valence-electron chi connectivity index (χ1n) is 8.82. The molecule has 2 N–H and O–H groups in total. The maximum atomic E-state index is 12.9. The van der Waals surface area contributed by atoms with Crippen molar-refractivity contribution in [3.05, 3.63) is 65.7 Å². The van der Waals surface area contributed by atoms with E-state index in [1.807, 2.05) is 0 Å². The first-order chi connectivity index (χ1) is 12.9. The molecule has 0 atom stereocenters. The van der Waals surface area contributed by atoms with Crippen LogP contribution in [0.25, 0.3) is 0 Å². The Balaban J connectivity index is 1.82. The summed E-state index contributed by atoms with van der Waals surface area (Å²) >= 11 is 0. The van der Waals surface area contributed by atoms with Crippen LogP contribution in [-0.2, 0) is 14.8 Å². The number of rotatable bonds is 6. The molecule has 1 aliphatic rings. The third kappa shape index (κ3) is 4.43. The van der Waals surface area contributed by atoms with Crippen LogP contribution >= 0.6 is 0 Å². The molecule has 1 aliphatic carbocycles. The molecule has 0 bridgehead atoms. The van der Waals surface area contributed by atoms with Gasteiger partial charge in [-0.25, -0.2) is 13.1 Å². The molecule has 3 rings (SSSR count). The molecular weight excluding hydrogens is 366 g/mol. The average molecular weight is 387 g/mol. The van der Waals surface area contributed by atoms with Crippen LogP contribution in [-0.4, -0.2) is 31.3 Å². The molecule has 0 radical (unpaired) electrons. The van der Waals surface area contributed by atoms with Crippen molar-refractivity contribution >= 4 is 21.8 Å². The zero-order valence-corrected chi connectivity index (χ0v) is 15.5. The molecule has 2 aromatic carbocycles. The molecule has 0 aliphatic heterocycles. The molecule has 2 aromatic rings. The molecule has 27 heavy (non-hydrogen) atoms. The van der Waals surface area contributed by atoms with Crippen LogP contribution in [0, 0.1) is 5.92 Å². The Labute approximate surface area is 158 Å². The third-order valence-electron chi connectivity index (χ3n) is 4.86. The SMILES string of the molecule is O=C(c1ccccc1)c1ccccc1S(=O)(=O)NC1CCC(C(=O)O)CC1. The summed E-state index contributed by atoms with van der Waals surface area (Å²) in [5.74, 6) is -1.61. The number of aliphatic carboxylic acids is 1. The van der Waals surface area contributed by atoms with Gasteiger partial charge in [-0.05, 0) is 37.8 Å². The van der Waals surface area contributed by atoms with Crippen molar-refractivity contribution < 1.29 is 23.1 Å². The Bertz CT molecular complexity index is 932. The Morgan fingerprint density at radius 2 is 1.48 bits per heavy atom. The van der Waals surface area contributed by atoms with Crippen LogP contribution < -0.4 is 4.72 Å². The molecule has 0 saturated heterocycles. The summed E-state index contributed by atoms with van der Waals surface area (Å²) < 4.78 is 28.4. The minimum absolute atomic E-state index is 0.0563. The highest BCUT2D eigenvalue weighted by Gasteiger charge is 2.30. The number of sulfonamides is 1. The average Bonchev–Trinajstić information content (AvgIpc) is 2.68. The number of hydrogen-bond acceptors (Lipinski definition) is 4. The number of carboxylic acid groups (broad SMARTS) is 1. The van der Waals surface area contributed by atoms with E-state index in [9.17, 15) is 18.0 Å². The lowest BCUT2D eigenvalue weighted by atomic mass is 9.87. The summed E-state index contributed by atoms with van der Waals surface area (Å²) in [6.07, 6.45) is 1.80. The van der Waals surface area contributed by atoms with E-state index in [1.54, 1.807) is 42.5 Å². The van der Waals surface area contributed by atoms with Gasteiger partial charge in [-0.2, -0.15) is 0 Å². The number of carbonyl (C=O) groups excluding carboxylic acids is 1. The summed E-state index contributed by atoms with van der Waals surface area (Å²) in [5.41, 5.74) is 0.539. The number of carboxylic acids is 1. The predicted octanol–water partition coefficient (Wildman–Crippen LogP) is 2.84. The Morgan fingerprint density at radius 1 is 0.889 bits per heavy atom. The second-order valence-electron chi connectivity index (χ2n) is 6.70. The van der Waals surface area contributed by atoms with E-state index in [2.05, 4.69) is 4.72 Å². The summed E-state index contributed by atoms with van der Waals surface area (Å²) in [6, 6.07) is 14.3. The van der Waals surface area contributed by atoms with E-state index in [-0.39, 0.29) is 22.3 Å². The molecule has 0 unspecified atom stereocenters. The molecule has 0 amide bonds. The molecule has 1 fully saturated rings. The summed E-state index contributed by atoms with van der Waals surface area (Å²) in [6.45, 7) is 0. The largest absolute Gasteiger partial charge is 0.481 e. The van der Waals surface area contributed by atoms with Gasteiger partial charge in [0.05, 0.1) is 10.8 Å². The summed E-state index contributed by atoms with van der Waals surface area (Å²) in [4.78, 5) is 23.8. The molecule has 0 heterocycles. The normalized spacial score (nSPS) is 20.1. The van der Waals surface area contributed by atoms with Gasteiger partial charge < -0.3 is 5.11 Å². The van der Waals surface area contributed by atoms with E-state index >= 15 is 0 Å². The highest BCUT2D eigenvalue weighted by Crippen LogP contribution is 2.26. The van der Waals surface area contributed by atoms with Gasteiger partial charge in [0.1, 0.15) is 0 Å². The van der Waals surface area contributed by atoms with Crippen LogP contribution in [0.5, 0.6) is 0 Å². The van der Waals surface area contributed by atoms with Crippen LogP contribution in [0.1, 0.15) is 41.6 Å². The van der Waals surface area contributed by atoms with Gasteiger partial charge in [-0.1, -0.05) is 42.5 Å². The molecule has 6 nitrogen and oxygen atoms in total. The van der Waals surface area contributed by atoms with Crippen LogP contribution in [0.2, 0.25) is 0 Å². The van der Waals surface area contributed by atoms with Crippen molar-refractivity contribution in [1.82, 2.24) is 4.72 Å². The minimum Gasteiger partial charge on any atom is -0.481 e. The fourth-order valence-corrected chi connectivity index (χ4v) is 4.88. The highest BCUT2D eigenvalue weighted by molar-refractivity contribution is 7.89. The zero-order chi connectivity index (χ0) is 19.4. The van der Waals surface area contributed by atoms with Crippen LogP contribution in [0.15, 0.2) is 59.5 Å². The number of carbonyl (C=O) groups is 2. The Morgan fingerprint density at radius 3 is 2.11 bits per heavy atom. The van der Waals surface area contributed by atoms with E-state index in [0.29, 0.717) is 31.2 Å². The van der Waals surface area contributed by atoms with Gasteiger partial charge in [0.2, 0.25) is 10.0 Å². The first-order valence-corrected chi connectivity index (χ1v) is 10.3.